The van der Waals surface area contributed by atoms with E-state index in [0.717, 1.165) is 0 Å². The van der Waals surface area contributed by atoms with Crippen molar-refractivity contribution in [3.63, 3.8) is 0 Å². The number of nitrogens with two attached hydrogens (primary N) is 1. The van der Waals surface area contributed by atoms with Crippen LogP contribution in [-0.2, 0) is 13.2 Å². The van der Waals surface area contributed by atoms with Crippen molar-refractivity contribution in [3.05, 3.63) is 95.2 Å². The van der Waals surface area contributed by atoms with E-state index in [0.29, 0.717) is 35.2 Å². The number of aromatic nitrogens is 4. The lowest BCUT2D eigenvalue weighted by atomic mass is 10.1. The molecule has 10 heteroatoms. The van der Waals surface area contributed by atoms with Crippen molar-refractivity contribution in [1.82, 2.24) is 24.6 Å². The Morgan fingerprint density at radius 1 is 1.08 bits per heavy atom. The van der Waals surface area contributed by atoms with Crippen LogP contribution in [0.25, 0.3) is 11.5 Å². The largest absolute Gasteiger partial charge is 0.488 e. The van der Waals surface area contributed by atoms with Gasteiger partial charge in [0.25, 0.3) is 11.8 Å². The first-order chi connectivity index (χ1) is 17.4. The van der Waals surface area contributed by atoms with Crippen molar-refractivity contribution >= 4 is 11.8 Å². The maximum atomic E-state index is 14.7. The lowest BCUT2D eigenvalue weighted by Gasteiger charge is -2.32. The fourth-order valence-electron chi connectivity index (χ4n) is 4.31. The van der Waals surface area contributed by atoms with Crippen molar-refractivity contribution < 1.29 is 18.7 Å². The van der Waals surface area contributed by atoms with Gasteiger partial charge in [-0.25, -0.2) is 4.39 Å². The molecule has 0 saturated heterocycles. The molecule has 1 atom stereocenters. The Balaban J connectivity index is 1.35. The van der Waals surface area contributed by atoms with Crippen molar-refractivity contribution in [2.45, 2.75) is 26.1 Å². The number of hydrogen-bond donors (Lipinski definition) is 1. The monoisotopic (exact) mass is 486 g/mol. The van der Waals surface area contributed by atoms with Crippen LogP contribution in [0.5, 0.6) is 5.75 Å². The van der Waals surface area contributed by atoms with Gasteiger partial charge in [0.15, 0.2) is 11.6 Å². The molecule has 2 aromatic heterocycles. The number of amides is 2. The van der Waals surface area contributed by atoms with Gasteiger partial charge in [0, 0.05) is 12.7 Å². The summed E-state index contributed by atoms with van der Waals surface area (Å²) in [5, 5.41) is 8.54. The third kappa shape index (κ3) is 4.40. The van der Waals surface area contributed by atoms with Gasteiger partial charge in [-0.1, -0.05) is 24.3 Å². The number of hydrogen-bond acceptors (Lipinski definition) is 6. The topological polar surface area (TPSA) is 116 Å². The Labute approximate surface area is 206 Å². The predicted molar refractivity (Wildman–Crippen MR) is 128 cm³/mol. The highest BCUT2D eigenvalue weighted by molar-refractivity contribution is 5.96. The van der Waals surface area contributed by atoms with Crippen LogP contribution in [-0.4, -0.2) is 43.0 Å². The number of halogens is 1. The SMILES string of the molecule is CC1CN(C(=O)c2cc(COc3ccccc3C(N)=O)ccc2F)Cc2nnc(-c3ccccn3)n21. The summed E-state index contributed by atoms with van der Waals surface area (Å²) >= 11 is 0. The lowest BCUT2D eigenvalue weighted by molar-refractivity contribution is 0.0677. The fourth-order valence-corrected chi connectivity index (χ4v) is 4.31. The van der Waals surface area contributed by atoms with Crippen LogP contribution in [0.15, 0.2) is 66.9 Å². The van der Waals surface area contributed by atoms with Gasteiger partial charge >= 0.3 is 0 Å². The molecule has 0 bridgehead atoms. The third-order valence-corrected chi connectivity index (χ3v) is 6.01. The number of nitrogens with zero attached hydrogens (tertiary/aromatic N) is 5. The van der Waals surface area contributed by atoms with Crippen molar-refractivity contribution in [3.8, 4) is 17.3 Å². The number of benzene rings is 2. The minimum Gasteiger partial charge on any atom is -0.488 e. The number of carbonyl (C=O) groups is 2. The average Bonchev–Trinajstić information content (AvgIpc) is 3.33. The summed E-state index contributed by atoms with van der Waals surface area (Å²) in [6.07, 6.45) is 1.69. The van der Waals surface area contributed by atoms with Crippen LogP contribution in [0, 0.1) is 5.82 Å². The second-order valence-corrected chi connectivity index (χ2v) is 8.52. The van der Waals surface area contributed by atoms with Crippen LogP contribution in [0.1, 0.15) is 45.1 Å². The Hall–Kier alpha value is -4.60. The molecule has 1 aliphatic rings. The zero-order valence-corrected chi connectivity index (χ0v) is 19.5. The molecule has 2 amide bonds. The first kappa shape index (κ1) is 23.2. The summed E-state index contributed by atoms with van der Waals surface area (Å²) in [5.41, 5.74) is 6.84. The Morgan fingerprint density at radius 3 is 2.67 bits per heavy atom. The Morgan fingerprint density at radius 2 is 1.89 bits per heavy atom. The molecule has 0 fully saturated rings. The van der Waals surface area contributed by atoms with Crippen LogP contribution in [0.3, 0.4) is 0 Å². The Kier molecular flexibility index (Phi) is 6.16. The van der Waals surface area contributed by atoms with Gasteiger partial charge in [-0.15, -0.1) is 10.2 Å². The molecule has 1 unspecified atom stereocenters. The van der Waals surface area contributed by atoms with Gasteiger partial charge in [-0.2, -0.15) is 0 Å². The van der Waals surface area contributed by atoms with E-state index in [-0.39, 0.29) is 30.3 Å². The van der Waals surface area contributed by atoms with E-state index in [1.54, 1.807) is 35.4 Å². The van der Waals surface area contributed by atoms with E-state index in [2.05, 4.69) is 15.2 Å². The molecular formula is C26H23FN6O3. The summed E-state index contributed by atoms with van der Waals surface area (Å²) in [5.74, 6) is -0.144. The van der Waals surface area contributed by atoms with Gasteiger partial charge < -0.3 is 19.9 Å². The van der Waals surface area contributed by atoms with E-state index >= 15 is 0 Å². The van der Waals surface area contributed by atoms with E-state index in [4.69, 9.17) is 10.5 Å². The summed E-state index contributed by atoms with van der Waals surface area (Å²) < 4.78 is 22.4. The highest BCUT2D eigenvalue weighted by atomic mass is 19.1. The van der Waals surface area contributed by atoms with Crippen LogP contribution < -0.4 is 10.5 Å². The van der Waals surface area contributed by atoms with Crippen LogP contribution in [0.2, 0.25) is 0 Å². The number of ether oxygens (including phenoxy) is 1. The van der Waals surface area contributed by atoms with Crippen molar-refractivity contribution in [2.24, 2.45) is 5.73 Å². The average molecular weight is 487 g/mol. The van der Waals surface area contributed by atoms with Gasteiger partial charge in [0.05, 0.1) is 23.7 Å². The van der Waals surface area contributed by atoms with Gasteiger partial charge in [0.1, 0.15) is 23.9 Å². The zero-order valence-electron chi connectivity index (χ0n) is 19.5. The fraction of sp³-hybridized carbons (Fsp3) is 0.192. The molecule has 9 nitrogen and oxygen atoms in total. The number of carbonyl (C=O) groups excluding carboxylic acids is 2. The molecule has 1 aliphatic heterocycles. The Bertz CT molecular complexity index is 1440. The van der Waals surface area contributed by atoms with Crippen LogP contribution >= 0.6 is 0 Å². The predicted octanol–water partition coefficient (Wildman–Crippen LogP) is 3.37. The second kappa shape index (κ2) is 9.57. The molecule has 4 aromatic rings. The second-order valence-electron chi connectivity index (χ2n) is 8.52. The minimum absolute atomic E-state index is 0.0308. The molecule has 3 heterocycles. The zero-order chi connectivity index (χ0) is 25.2. The van der Waals surface area contributed by atoms with Crippen molar-refractivity contribution in [2.75, 3.05) is 6.54 Å². The van der Waals surface area contributed by atoms with Gasteiger partial charge in [0.2, 0.25) is 0 Å². The first-order valence-corrected chi connectivity index (χ1v) is 11.4. The number of fused-ring (bicyclic) bond motifs is 1. The van der Waals surface area contributed by atoms with Gasteiger partial charge in [-0.3, -0.25) is 14.6 Å². The third-order valence-electron chi connectivity index (χ3n) is 6.01. The molecule has 2 aromatic carbocycles. The molecule has 182 valence electrons. The van der Waals surface area contributed by atoms with Crippen LogP contribution in [0.4, 0.5) is 4.39 Å². The molecule has 5 rings (SSSR count). The molecular weight excluding hydrogens is 463 g/mol. The molecule has 2 N–H and O–H groups in total. The number of primary amides is 1. The molecule has 0 aliphatic carbocycles. The molecule has 0 radical (unpaired) electrons. The summed E-state index contributed by atoms with van der Waals surface area (Å²) in [6, 6.07) is 16.2. The molecule has 0 spiro atoms. The minimum atomic E-state index is -0.629. The van der Waals surface area contributed by atoms with E-state index in [1.807, 2.05) is 29.7 Å². The summed E-state index contributed by atoms with van der Waals surface area (Å²) in [4.78, 5) is 30.9. The van der Waals surface area contributed by atoms with Crippen molar-refractivity contribution in [1.29, 1.82) is 0 Å². The lowest BCUT2D eigenvalue weighted by Crippen LogP contribution is -2.41. The smallest absolute Gasteiger partial charge is 0.257 e. The number of pyridine rings is 1. The van der Waals surface area contributed by atoms with E-state index < -0.39 is 17.6 Å². The maximum Gasteiger partial charge on any atom is 0.257 e. The summed E-state index contributed by atoms with van der Waals surface area (Å²) in [7, 11) is 0. The molecule has 0 saturated carbocycles. The summed E-state index contributed by atoms with van der Waals surface area (Å²) in [6.45, 7) is 2.53. The standard InChI is InChI=1S/C26H23FN6O3/c1-16-13-32(14-23-30-31-25(33(16)23)21-7-4-5-11-29-21)26(35)19-12-17(9-10-20(19)27)15-36-22-8-3-2-6-18(22)24(28)34/h2-12,16H,13-15H2,1H3,(H2,28,34). The van der Waals surface area contributed by atoms with E-state index in [1.165, 1.54) is 18.2 Å². The highest BCUT2D eigenvalue weighted by Gasteiger charge is 2.31. The highest BCUT2D eigenvalue weighted by Crippen LogP contribution is 2.28. The first-order valence-electron chi connectivity index (χ1n) is 11.4. The maximum absolute atomic E-state index is 14.7. The van der Waals surface area contributed by atoms with Gasteiger partial charge in [-0.05, 0) is 48.9 Å². The quantitative estimate of drug-likeness (QED) is 0.447. The normalized spacial score (nSPS) is 14.8. The number of para-hydroxylation sites is 1. The van der Waals surface area contributed by atoms with E-state index in [9.17, 15) is 14.0 Å². The number of rotatable bonds is 6. The molecule has 36 heavy (non-hydrogen) atoms.